The Hall–Kier alpha value is -2.84. The van der Waals surface area contributed by atoms with Crippen molar-refractivity contribution in [1.29, 1.82) is 0 Å². The number of ether oxygens (including phenoxy) is 2. The molecule has 0 atom stereocenters. The maximum Gasteiger partial charge on any atom is 0.262 e. The summed E-state index contributed by atoms with van der Waals surface area (Å²) in [6.07, 6.45) is 1.45. The highest BCUT2D eigenvalue weighted by Gasteiger charge is 2.13. The molecule has 2 rings (SSSR count). The minimum absolute atomic E-state index is 0.1000. The number of benzene rings is 2. The van der Waals surface area contributed by atoms with Crippen LogP contribution >= 0.6 is 0 Å². The summed E-state index contributed by atoms with van der Waals surface area (Å²) in [6.45, 7) is 5.32. The fraction of sp³-hybridized carbons (Fsp3) is 0.211. The van der Waals surface area contributed by atoms with Gasteiger partial charge in [-0.1, -0.05) is 12.1 Å². The van der Waals surface area contributed by atoms with E-state index in [2.05, 4.69) is 16.6 Å². The molecule has 0 bridgehead atoms. The van der Waals surface area contributed by atoms with Crippen molar-refractivity contribution >= 4 is 21.6 Å². The van der Waals surface area contributed by atoms with Crippen molar-refractivity contribution < 1.29 is 22.7 Å². The van der Waals surface area contributed by atoms with Crippen molar-refractivity contribution in [3.63, 3.8) is 0 Å². The molecule has 1 amide bonds. The van der Waals surface area contributed by atoms with Crippen LogP contribution in [0.25, 0.3) is 0 Å². The Balaban J connectivity index is 1.95. The van der Waals surface area contributed by atoms with Gasteiger partial charge in [-0.05, 0) is 48.9 Å². The number of methoxy groups -OCH3 is 1. The predicted octanol–water partition coefficient (Wildman–Crippen LogP) is 2.49. The molecule has 144 valence electrons. The van der Waals surface area contributed by atoms with Gasteiger partial charge in [0, 0.05) is 12.2 Å². The van der Waals surface area contributed by atoms with E-state index in [4.69, 9.17) is 9.47 Å². The van der Waals surface area contributed by atoms with Crippen LogP contribution in [0.3, 0.4) is 0 Å². The molecule has 7 nitrogen and oxygen atoms in total. The Morgan fingerprint density at radius 2 is 1.85 bits per heavy atom. The molecule has 0 heterocycles. The number of sulfonamides is 1. The molecule has 2 N–H and O–H groups in total. The lowest BCUT2D eigenvalue weighted by Gasteiger charge is -2.11. The first-order valence-electron chi connectivity index (χ1n) is 8.13. The second-order valence-electron chi connectivity index (χ2n) is 5.66. The molecule has 0 aliphatic heterocycles. The van der Waals surface area contributed by atoms with Gasteiger partial charge in [0.2, 0.25) is 10.0 Å². The fourth-order valence-electron chi connectivity index (χ4n) is 2.20. The Morgan fingerprint density at radius 3 is 2.48 bits per heavy atom. The molecule has 2 aromatic rings. The predicted molar refractivity (Wildman–Crippen MR) is 104 cm³/mol. The molecular weight excluding hydrogens is 368 g/mol. The fourth-order valence-corrected chi connectivity index (χ4v) is 3.20. The third kappa shape index (κ3) is 5.83. The lowest BCUT2D eigenvalue weighted by Crippen LogP contribution is -2.23. The van der Waals surface area contributed by atoms with Crippen LogP contribution in [0.5, 0.6) is 11.5 Å². The Morgan fingerprint density at radius 1 is 1.15 bits per heavy atom. The first-order chi connectivity index (χ1) is 12.9. The van der Waals surface area contributed by atoms with Crippen LogP contribution in [0.15, 0.2) is 60.0 Å². The van der Waals surface area contributed by atoms with Crippen LogP contribution in [-0.4, -0.2) is 34.6 Å². The number of amides is 1. The summed E-state index contributed by atoms with van der Waals surface area (Å²) < 4.78 is 37.1. The molecule has 0 unspecified atom stereocenters. The molecular formula is C19H22N2O5S. The van der Waals surface area contributed by atoms with Crippen LogP contribution in [0.4, 0.5) is 5.69 Å². The molecule has 0 saturated carbocycles. The molecule has 0 aromatic heterocycles. The summed E-state index contributed by atoms with van der Waals surface area (Å²) in [5.74, 6) is 0.635. The van der Waals surface area contributed by atoms with E-state index < -0.39 is 10.0 Å². The van der Waals surface area contributed by atoms with E-state index in [1.54, 1.807) is 6.07 Å². The van der Waals surface area contributed by atoms with Gasteiger partial charge in [-0.25, -0.2) is 13.1 Å². The monoisotopic (exact) mass is 390 g/mol. The molecule has 2 aromatic carbocycles. The first-order valence-corrected chi connectivity index (χ1v) is 9.62. The van der Waals surface area contributed by atoms with E-state index in [0.29, 0.717) is 17.2 Å². The highest BCUT2D eigenvalue weighted by Crippen LogP contribution is 2.27. The van der Waals surface area contributed by atoms with Crippen LogP contribution in [0.1, 0.15) is 5.56 Å². The highest BCUT2D eigenvalue weighted by molar-refractivity contribution is 7.89. The molecule has 0 radical (unpaired) electrons. The van der Waals surface area contributed by atoms with E-state index in [0.717, 1.165) is 5.56 Å². The second kappa shape index (κ2) is 9.20. The molecule has 0 saturated heterocycles. The lowest BCUT2D eigenvalue weighted by molar-refractivity contribution is -0.118. The standard InChI is InChI=1S/C19H22N2O5S/c1-4-11-20-27(23,24)16-8-6-15(7-9-16)21-19(22)13-26-17-10-5-14(2)12-18(17)25-3/h4-10,12,20H,1,11,13H2,2-3H3,(H,21,22). The minimum Gasteiger partial charge on any atom is -0.493 e. The van der Waals surface area contributed by atoms with E-state index in [9.17, 15) is 13.2 Å². The Kier molecular flexibility index (Phi) is 6.98. The summed E-state index contributed by atoms with van der Waals surface area (Å²) in [6, 6.07) is 11.2. The van der Waals surface area contributed by atoms with E-state index in [1.807, 2.05) is 19.1 Å². The summed E-state index contributed by atoms with van der Waals surface area (Å²) in [5, 5.41) is 2.65. The number of carbonyl (C=O) groups is 1. The number of hydrogen-bond donors (Lipinski definition) is 2. The molecule has 27 heavy (non-hydrogen) atoms. The Labute approximate surface area is 159 Å². The van der Waals surface area contributed by atoms with Crippen molar-refractivity contribution in [3.05, 3.63) is 60.7 Å². The SMILES string of the molecule is C=CCNS(=O)(=O)c1ccc(NC(=O)COc2ccc(C)cc2OC)cc1. The van der Waals surface area contributed by atoms with Gasteiger partial charge < -0.3 is 14.8 Å². The average Bonchev–Trinajstić information content (AvgIpc) is 2.65. The molecule has 8 heteroatoms. The van der Waals surface area contributed by atoms with E-state index >= 15 is 0 Å². The van der Waals surface area contributed by atoms with Crippen molar-refractivity contribution in [3.8, 4) is 11.5 Å². The minimum atomic E-state index is -3.60. The number of carbonyl (C=O) groups excluding carboxylic acids is 1. The number of hydrogen-bond acceptors (Lipinski definition) is 5. The molecule has 0 spiro atoms. The lowest BCUT2D eigenvalue weighted by atomic mass is 10.2. The van der Waals surface area contributed by atoms with Gasteiger partial charge >= 0.3 is 0 Å². The van der Waals surface area contributed by atoms with Crippen LogP contribution in [0, 0.1) is 6.92 Å². The zero-order valence-corrected chi connectivity index (χ0v) is 16.0. The smallest absolute Gasteiger partial charge is 0.262 e. The van der Waals surface area contributed by atoms with Gasteiger partial charge in [-0.3, -0.25) is 4.79 Å². The highest BCUT2D eigenvalue weighted by atomic mass is 32.2. The van der Waals surface area contributed by atoms with Gasteiger partial charge in [0.1, 0.15) is 0 Å². The normalized spacial score (nSPS) is 10.9. The number of nitrogens with one attached hydrogen (secondary N) is 2. The summed E-state index contributed by atoms with van der Waals surface area (Å²) in [4.78, 5) is 12.2. The van der Waals surface area contributed by atoms with Crippen molar-refractivity contribution in [2.24, 2.45) is 0 Å². The molecule has 0 fully saturated rings. The van der Waals surface area contributed by atoms with Crippen LogP contribution in [-0.2, 0) is 14.8 Å². The quantitative estimate of drug-likeness (QED) is 0.642. The number of aryl methyl sites for hydroxylation is 1. The summed E-state index contributed by atoms with van der Waals surface area (Å²) in [5.41, 5.74) is 1.48. The van der Waals surface area contributed by atoms with Crippen molar-refractivity contribution in [2.45, 2.75) is 11.8 Å². The number of anilines is 1. The van der Waals surface area contributed by atoms with E-state index in [1.165, 1.54) is 37.5 Å². The second-order valence-corrected chi connectivity index (χ2v) is 7.42. The number of rotatable bonds is 9. The largest absolute Gasteiger partial charge is 0.493 e. The molecule has 0 aliphatic rings. The van der Waals surface area contributed by atoms with Gasteiger partial charge in [0.25, 0.3) is 5.91 Å². The third-order valence-corrected chi connectivity index (χ3v) is 4.98. The Bertz CT molecular complexity index is 908. The van der Waals surface area contributed by atoms with Gasteiger partial charge in [-0.15, -0.1) is 6.58 Å². The van der Waals surface area contributed by atoms with Gasteiger partial charge in [-0.2, -0.15) is 0 Å². The van der Waals surface area contributed by atoms with Crippen molar-refractivity contribution in [2.75, 3.05) is 25.6 Å². The van der Waals surface area contributed by atoms with Crippen molar-refractivity contribution in [1.82, 2.24) is 4.72 Å². The average molecular weight is 390 g/mol. The summed E-state index contributed by atoms with van der Waals surface area (Å²) in [7, 11) is -2.07. The van der Waals surface area contributed by atoms with Gasteiger partial charge in [0.05, 0.1) is 12.0 Å². The maximum atomic E-state index is 12.1. The third-order valence-electron chi connectivity index (χ3n) is 3.54. The first kappa shape index (κ1) is 20.5. The van der Waals surface area contributed by atoms with E-state index in [-0.39, 0.29) is 24.0 Å². The maximum absolute atomic E-state index is 12.1. The summed E-state index contributed by atoms with van der Waals surface area (Å²) >= 11 is 0. The van der Waals surface area contributed by atoms with Crippen LogP contribution < -0.4 is 19.5 Å². The zero-order valence-electron chi connectivity index (χ0n) is 15.2. The zero-order chi connectivity index (χ0) is 19.9. The van der Waals surface area contributed by atoms with Gasteiger partial charge in [0.15, 0.2) is 18.1 Å². The topological polar surface area (TPSA) is 93.7 Å². The van der Waals surface area contributed by atoms with Crippen LogP contribution in [0.2, 0.25) is 0 Å². The molecule has 0 aliphatic carbocycles.